The van der Waals surface area contributed by atoms with Gasteiger partial charge < -0.3 is 9.30 Å². The first-order chi connectivity index (χ1) is 15.5. The number of sulfone groups is 1. The van der Waals surface area contributed by atoms with Crippen LogP contribution in [0.2, 0.25) is 0 Å². The molecule has 0 aliphatic carbocycles. The molecule has 0 aliphatic rings. The zero-order valence-electron chi connectivity index (χ0n) is 18.2. The zero-order chi connectivity index (χ0) is 22.6. The summed E-state index contributed by atoms with van der Waals surface area (Å²) in [5, 5.41) is 0.105. The Morgan fingerprint density at radius 3 is 2.00 bits per heavy atom. The zero-order valence-corrected chi connectivity index (χ0v) is 19.0. The van der Waals surface area contributed by atoms with Gasteiger partial charge in [0.2, 0.25) is 15.0 Å². The number of methoxy groups -OCH3 is 1. The summed E-state index contributed by atoms with van der Waals surface area (Å²) in [5.41, 5.74) is 4.03. The molecule has 5 nitrogen and oxygen atoms in total. The molecule has 32 heavy (non-hydrogen) atoms. The molecular weight excluding hydrogens is 420 g/mol. The lowest BCUT2D eigenvalue weighted by atomic mass is 10.0. The molecule has 164 valence electrons. The molecule has 0 amide bonds. The van der Waals surface area contributed by atoms with Crippen LogP contribution in [0, 0.1) is 0 Å². The topological polar surface area (TPSA) is 61.2 Å². The van der Waals surface area contributed by atoms with Crippen LogP contribution in [-0.4, -0.2) is 25.1 Å². The van der Waals surface area contributed by atoms with Gasteiger partial charge in [0.05, 0.1) is 24.3 Å². The fourth-order valence-electron chi connectivity index (χ4n) is 3.79. The summed E-state index contributed by atoms with van der Waals surface area (Å²) in [6.07, 6.45) is 0.787. The molecule has 3 aromatic carbocycles. The second-order valence-electron chi connectivity index (χ2n) is 7.58. The van der Waals surface area contributed by atoms with E-state index in [1.54, 1.807) is 31.4 Å². The van der Waals surface area contributed by atoms with Crippen molar-refractivity contribution in [2.75, 3.05) is 7.11 Å². The third kappa shape index (κ3) is 4.46. The third-order valence-electron chi connectivity index (χ3n) is 5.27. The second-order valence-corrected chi connectivity index (χ2v) is 9.47. The smallest absolute Gasteiger partial charge is 0.229 e. The van der Waals surface area contributed by atoms with Gasteiger partial charge in [0.1, 0.15) is 5.75 Å². The van der Waals surface area contributed by atoms with Crippen molar-refractivity contribution in [3.8, 4) is 28.3 Å². The van der Waals surface area contributed by atoms with Crippen LogP contribution in [-0.2, 0) is 22.1 Å². The molecule has 0 fully saturated rings. The SMILES string of the molecule is CCCn1c(S(=O)(=O)Cc2ccc(OC)cc2)nc(-c2ccccc2)c1-c1ccccc1. The number of ether oxygens (including phenoxy) is 1. The summed E-state index contributed by atoms with van der Waals surface area (Å²) in [6, 6.07) is 26.7. The van der Waals surface area contributed by atoms with Gasteiger partial charge in [0.25, 0.3) is 0 Å². The van der Waals surface area contributed by atoms with E-state index in [4.69, 9.17) is 9.72 Å². The molecule has 4 aromatic rings. The van der Waals surface area contributed by atoms with Gasteiger partial charge in [-0.25, -0.2) is 13.4 Å². The Labute approximate surface area is 189 Å². The molecule has 0 saturated heterocycles. The highest BCUT2D eigenvalue weighted by Gasteiger charge is 2.28. The molecule has 0 atom stereocenters. The van der Waals surface area contributed by atoms with E-state index < -0.39 is 9.84 Å². The summed E-state index contributed by atoms with van der Waals surface area (Å²) < 4.78 is 34.2. The number of imidazole rings is 1. The second kappa shape index (κ2) is 9.40. The van der Waals surface area contributed by atoms with Crippen molar-refractivity contribution in [2.45, 2.75) is 30.8 Å². The highest BCUT2D eigenvalue weighted by molar-refractivity contribution is 7.90. The molecule has 6 heteroatoms. The largest absolute Gasteiger partial charge is 0.497 e. The summed E-state index contributed by atoms with van der Waals surface area (Å²) in [4.78, 5) is 4.73. The van der Waals surface area contributed by atoms with Crippen molar-refractivity contribution in [1.82, 2.24) is 9.55 Å². The number of rotatable bonds is 8. The maximum Gasteiger partial charge on any atom is 0.229 e. The molecule has 0 aliphatic heterocycles. The quantitative estimate of drug-likeness (QED) is 0.353. The first kappa shape index (κ1) is 21.8. The number of nitrogens with zero attached hydrogens (tertiary/aromatic N) is 2. The summed E-state index contributed by atoms with van der Waals surface area (Å²) >= 11 is 0. The van der Waals surface area contributed by atoms with Crippen LogP contribution in [0.3, 0.4) is 0 Å². The number of hydrogen-bond acceptors (Lipinski definition) is 4. The van der Waals surface area contributed by atoms with Gasteiger partial charge in [0.15, 0.2) is 0 Å². The molecule has 0 unspecified atom stereocenters. The first-order valence-corrected chi connectivity index (χ1v) is 12.3. The molecule has 1 heterocycles. The minimum atomic E-state index is -3.69. The highest BCUT2D eigenvalue weighted by atomic mass is 32.2. The Morgan fingerprint density at radius 2 is 1.44 bits per heavy atom. The van der Waals surface area contributed by atoms with E-state index in [-0.39, 0.29) is 10.9 Å². The van der Waals surface area contributed by atoms with Gasteiger partial charge in [-0.1, -0.05) is 79.7 Å². The number of hydrogen-bond donors (Lipinski definition) is 0. The van der Waals surface area contributed by atoms with E-state index in [1.165, 1.54) is 0 Å². The predicted octanol–water partition coefficient (Wildman–Crippen LogP) is 5.61. The van der Waals surface area contributed by atoms with Crippen LogP contribution in [0.1, 0.15) is 18.9 Å². The molecule has 0 spiro atoms. The normalized spacial score (nSPS) is 11.4. The molecule has 0 radical (unpaired) electrons. The van der Waals surface area contributed by atoms with Crippen LogP contribution in [0.4, 0.5) is 0 Å². The van der Waals surface area contributed by atoms with Crippen molar-refractivity contribution >= 4 is 9.84 Å². The maximum atomic E-state index is 13.6. The summed E-state index contributed by atoms with van der Waals surface area (Å²) in [7, 11) is -2.11. The van der Waals surface area contributed by atoms with Crippen LogP contribution >= 0.6 is 0 Å². The van der Waals surface area contributed by atoms with Crippen LogP contribution in [0.25, 0.3) is 22.5 Å². The van der Waals surface area contributed by atoms with Gasteiger partial charge in [-0.15, -0.1) is 0 Å². The molecule has 1 aromatic heterocycles. The minimum absolute atomic E-state index is 0.105. The average Bonchev–Trinajstić information content (AvgIpc) is 3.21. The van der Waals surface area contributed by atoms with E-state index in [2.05, 4.69) is 0 Å². The average molecular weight is 447 g/mol. The highest BCUT2D eigenvalue weighted by Crippen LogP contribution is 2.35. The Kier molecular flexibility index (Phi) is 6.42. The van der Waals surface area contributed by atoms with Gasteiger partial charge in [-0.05, 0) is 24.1 Å². The molecular formula is C26H26N2O3S. The number of benzene rings is 3. The standard InChI is InChI=1S/C26H26N2O3S/c1-3-18-28-25(22-12-8-5-9-13-22)24(21-10-6-4-7-11-21)27-26(28)32(29,30)19-20-14-16-23(31-2)17-15-20/h4-17H,3,18-19H2,1-2H3. The van der Waals surface area contributed by atoms with Crippen LogP contribution in [0.15, 0.2) is 90.1 Å². The molecule has 0 bridgehead atoms. The van der Waals surface area contributed by atoms with Crippen LogP contribution < -0.4 is 4.74 Å². The van der Waals surface area contributed by atoms with Crippen molar-refractivity contribution in [2.24, 2.45) is 0 Å². The van der Waals surface area contributed by atoms with Crippen LogP contribution in [0.5, 0.6) is 5.75 Å². The lowest BCUT2D eigenvalue weighted by Gasteiger charge is -2.12. The Bertz CT molecular complexity index is 1280. The summed E-state index contributed by atoms with van der Waals surface area (Å²) in [6.45, 7) is 2.60. The third-order valence-corrected chi connectivity index (χ3v) is 6.85. The van der Waals surface area contributed by atoms with E-state index in [1.807, 2.05) is 72.2 Å². The van der Waals surface area contributed by atoms with E-state index in [0.29, 0.717) is 23.6 Å². The minimum Gasteiger partial charge on any atom is -0.497 e. The molecule has 0 N–H and O–H groups in total. The van der Waals surface area contributed by atoms with Crippen molar-refractivity contribution in [3.63, 3.8) is 0 Å². The molecule has 0 saturated carbocycles. The lowest BCUT2D eigenvalue weighted by molar-refractivity contribution is 0.414. The molecule has 4 rings (SSSR count). The van der Waals surface area contributed by atoms with Crippen molar-refractivity contribution in [1.29, 1.82) is 0 Å². The Morgan fingerprint density at radius 1 is 0.844 bits per heavy atom. The van der Waals surface area contributed by atoms with Crippen molar-refractivity contribution in [3.05, 3.63) is 90.5 Å². The van der Waals surface area contributed by atoms with E-state index in [9.17, 15) is 8.42 Å². The van der Waals surface area contributed by atoms with E-state index >= 15 is 0 Å². The van der Waals surface area contributed by atoms with E-state index in [0.717, 1.165) is 23.2 Å². The number of aromatic nitrogens is 2. The Balaban J connectivity index is 1.88. The van der Waals surface area contributed by atoms with Gasteiger partial charge in [-0.2, -0.15) is 0 Å². The monoisotopic (exact) mass is 446 g/mol. The summed E-state index contributed by atoms with van der Waals surface area (Å²) in [5.74, 6) is 0.566. The van der Waals surface area contributed by atoms with Gasteiger partial charge >= 0.3 is 0 Å². The maximum absolute atomic E-state index is 13.6. The fraction of sp³-hybridized carbons (Fsp3) is 0.192. The Hall–Kier alpha value is -3.38. The van der Waals surface area contributed by atoms with Gasteiger partial charge in [0, 0.05) is 17.7 Å². The predicted molar refractivity (Wildman–Crippen MR) is 127 cm³/mol. The lowest BCUT2D eigenvalue weighted by Crippen LogP contribution is -2.14. The first-order valence-electron chi connectivity index (χ1n) is 10.6. The van der Waals surface area contributed by atoms with Gasteiger partial charge in [-0.3, -0.25) is 0 Å². The fourth-order valence-corrected chi connectivity index (χ4v) is 5.30. The van der Waals surface area contributed by atoms with Crippen molar-refractivity contribution < 1.29 is 13.2 Å².